The van der Waals surface area contributed by atoms with Gasteiger partial charge in [0.15, 0.2) is 5.11 Å². The average Bonchev–Trinajstić information content (AvgIpc) is 2.11. The predicted octanol–water partition coefficient (Wildman–Crippen LogP) is 0.372. The molecule has 0 aromatic rings. The molecule has 14 heavy (non-hydrogen) atoms. The summed E-state index contributed by atoms with van der Waals surface area (Å²) < 4.78 is 0. The molecule has 0 radical (unpaired) electrons. The number of amides is 1. The van der Waals surface area contributed by atoms with Crippen LogP contribution < -0.4 is 16.4 Å². The maximum absolute atomic E-state index is 11.0. The molecule has 4 nitrogen and oxygen atoms in total. The quantitative estimate of drug-likeness (QED) is 0.582. The van der Waals surface area contributed by atoms with E-state index in [0.717, 1.165) is 13.0 Å². The van der Waals surface area contributed by atoms with E-state index in [-0.39, 0.29) is 5.91 Å². The zero-order valence-corrected chi connectivity index (χ0v) is 9.83. The van der Waals surface area contributed by atoms with Crippen molar-refractivity contribution < 1.29 is 4.79 Å². The van der Waals surface area contributed by atoms with Crippen molar-refractivity contribution in [2.75, 3.05) is 13.1 Å². The molecule has 0 fully saturated rings. The number of thiocarbonyl (C=S) groups is 1. The highest BCUT2D eigenvalue weighted by atomic mass is 32.1. The predicted molar refractivity (Wildman–Crippen MR) is 61.9 cm³/mol. The number of carbonyl (C=O) groups excluding carboxylic acids is 1. The molecule has 82 valence electrons. The lowest BCUT2D eigenvalue weighted by atomic mass is 9.93. The summed E-state index contributed by atoms with van der Waals surface area (Å²) in [4.78, 5) is 11.0. The third-order valence-electron chi connectivity index (χ3n) is 1.89. The lowest BCUT2D eigenvalue weighted by Crippen LogP contribution is -2.45. The minimum absolute atomic E-state index is 0.330. The van der Waals surface area contributed by atoms with E-state index in [2.05, 4.69) is 17.6 Å². The van der Waals surface area contributed by atoms with E-state index in [1.54, 1.807) is 13.8 Å². The molecule has 0 atom stereocenters. The number of hydrogen-bond acceptors (Lipinski definition) is 2. The molecule has 0 unspecified atom stereocenters. The van der Waals surface area contributed by atoms with Crippen LogP contribution in [0.5, 0.6) is 0 Å². The smallest absolute Gasteiger partial charge is 0.224 e. The van der Waals surface area contributed by atoms with Gasteiger partial charge in [-0.15, -0.1) is 0 Å². The van der Waals surface area contributed by atoms with Crippen molar-refractivity contribution >= 4 is 23.2 Å². The molecular weight excluding hydrogens is 198 g/mol. The maximum Gasteiger partial charge on any atom is 0.224 e. The number of nitrogens with one attached hydrogen (secondary N) is 2. The van der Waals surface area contributed by atoms with Gasteiger partial charge in [-0.3, -0.25) is 4.79 Å². The molecule has 0 aliphatic carbocycles. The van der Waals surface area contributed by atoms with E-state index in [1.165, 1.54) is 0 Å². The zero-order chi connectivity index (χ0) is 11.2. The van der Waals surface area contributed by atoms with Crippen LogP contribution in [0.3, 0.4) is 0 Å². The highest BCUT2D eigenvalue weighted by Gasteiger charge is 2.24. The number of hydrogen-bond donors (Lipinski definition) is 3. The van der Waals surface area contributed by atoms with Gasteiger partial charge in [0.05, 0.1) is 5.41 Å². The molecule has 0 spiro atoms. The van der Waals surface area contributed by atoms with E-state index < -0.39 is 5.41 Å². The monoisotopic (exact) mass is 217 g/mol. The van der Waals surface area contributed by atoms with Gasteiger partial charge in [-0.25, -0.2) is 0 Å². The van der Waals surface area contributed by atoms with E-state index >= 15 is 0 Å². The summed E-state index contributed by atoms with van der Waals surface area (Å²) in [6.07, 6.45) is 1.01. The topological polar surface area (TPSA) is 67.2 Å². The molecule has 4 N–H and O–H groups in total. The standard InChI is InChI=1S/C9H19N3OS/c1-4-5-11-8(14)12-6-9(2,3)7(10)13/h4-6H2,1-3H3,(H2,10,13)(H2,11,12,14). The summed E-state index contributed by atoms with van der Waals surface area (Å²) >= 11 is 5.00. The normalized spacial score (nSPS) is 10.8. The molecule has 0 saturated carbocycles. The third kappa shape index (κ3) is 5.01. The SMILES string of the molecule is CCCNC(=S)NCC(C)(C)C(N)=O. The van der Waals surface area contributed by atoms with Gasteiger partial charge in [0, 0.05) is 13.1 Å². The van der Waals surface area contributed by atoms with Crippen LogP contribution in [-0.4, -0.2) is 24.1 Å². The Morgan fingerprint density at radius 2 is 2.00 bits per heavy atom. The van der Waals surface area contributed by atoms with E-state index in [4.69, 9.17) is 18.0 Å². The molecule has 0 aromatic carbocycles. The molecule has 0 rings (SSSR count). The lowest BCUT2D eigenvalue weighted by Gasteiger charge is -2.21. The van der Waals surface area contributed by atoms with Gasteiger partial charge < -0.3 is 16.4 Å². The van der Waals surface area contributed by atoms with Gasteiger partial charge in [-0.1, -0.05) is 6.92 Å². The van der Waals surface area contributed by atoms with Crippen molar-refractivity contribution in [1.29, 1.82) is 0 Å². The largest absolute Gasteiger partial charge is 0.369 e. The van der Waals surface area contributed by atoms with Crippen LogP contribution in [0.15, 0.2) is 0 Å². The van der Waals surface area contributed by atoms with Gasteiger partial charge in [0.2, 0.25) is 5.91 Å². The average molecular weight is 217 g/mol. The van der Waals surface area contributed by atoms with Gasteiger partial charge in [0.1, 0.15) is 0 Å². The molecule has 0 saturated heterocycles. The Morgan fingerprint density at radius 1 is 1.43 bits per heavy atom. The number of nitrogens with two attached hydrogens (primary N) is 1. The van der Waals surface area contributed by atoms with Gasteiger partial charge in [-0.2, -0.15) is 0 Å². The van der Waals surface area contributed by atoms with Crippen LogP contribution in [-0.2, 0) is 4.79 Å². The van der Waals surface area contributed by atoms with E-state index in [0.29, 0.717) is 11.7 Å². The van der Waals surface area contributed by atoms with Crippen LogP contribution in [0.4, 0.5) is 0 Å². The summed E-state index contributed by atoms with van der Waals surface area (Å²) in [5.41, 5.74) is 4.64. The molecule has 1 amide bonds. The van der Waals surface area contributed by atoms with Gasteiger partial charge in [-0.05, 0) is 32.5 Å². The van der Waals surface area contributed by atoms with Crippen molar-refractivity contribution in [2.45, 2.75) is 27.2 Å². The van der Waals surface area contributed by atoms with Gasteiger partial charge >= 0.3 is 0 Å². The Labute approximate surface area is 90.6 Å². The second kappa shape index (κ2) is 5.80. The third-order valence-corrected chi connectivity index (χ3v) is 2.18. The van der Waals surface area contributed by atoms with Crippen molar-refractivity contribution in [3.63, 3.8) is 0 Å². The summed E-state index contributed by atoms with van der Waals surface area (Å²) in [5.74, 6) is -0.330. The minimum Gasteiger partial charge on any atom is -0.369 e. The Hall–Kier alpha value is -0.840. The van der Waals surface area contributed by atoms with Crippen molar-refractivity contribution in [2.24, 2.45) is 11.1 Å². The number of rotatable bonds is 5. The summed E-state index contributed by atoms with van der Waals surface area (Å²) in [7, 11) is 0. The Bertz CT molecular complexity index is 216. The second-order valence-electron chi connectivity index (χ2n) is 3.86. The first kappa shape index (κ1) is 13.2. The fourth-order valence-electron chi connectivity index (χ4n) is 0.689. The summed E-state index contributed by atoms with van der Waals surface area (Å²) in [5, 5.41) is 6.54. The fourth-order valence-corrected chi connectivity index (χ4v) is 0.864. The van der Waals surface area contributed by atoms with Crippen LogP contribution in [0.2, 0.25) is 0 Å². The summed E-state index contributed by atoms with van der Waals surface area (Å²) in [6, 6.07) is 0. The van der Waals surface area contributed by atoms with Crippen molar-refractivity contribution in [3.05, 3.63) is 0 Å². The Kier molecular flexibility index (Phi) is 5.45. The maximum atomic E-state index is 11.0. The van der Waals surface area contributed by atoms with Crippen LogP contribution in [0.25, 0.3) is 0 Å². The molecule has 0 aromatic heterocycles. The number of primary amides is 1. The van der Waals surface area contributed by atoms with Crippen molar-refractivity contribution in [1.82, 2.24) is 10.6 Å². The first-order valence-electron chi connectivity index (χ1n) is 4.71. The Morgan fingerprint density at radius 3 is 2.43 bits per heavy atom. The molecule has 0 heterocycles. The highest BCUT2D eigenvalue weighted by molar-refractivity contribution is 7.80. The minimum atomic E-state index is -0.571. The first-order valence-corrected chi connectivity index (χ1v) is 5.12. The lowest BCUT2D eigenvalue weighted by molar-refractivity contribution is -0.125. The highest BCUT2D eigenvalue weighted by Crippen LogP contribution is 2.11. The molecule has 5 heteroatoms. The first-order chi connectivity index (χ1) is 6.40. The van der Waals surface area contributed by atoms with Crippen molar-refractivity contribution in [3.8, 4) is 0 Å². The number of carbonyl (C=O) groups is 1. The second-order valence-corrected chi connectivity index (χ2v) is 4.27. The van der Waals surface area contributed by atoms with Crippen LogP contribution in [0.1, 0.15) is 27.2 Å². The fraction of sp³-hybridized carbons (Fsp3) is 0.778. The Balaban J connectivity index is 3.82. The zero-order valence-electron chi connectivity index (χ0n) is 9.02. The summed E-state index contributed by atoms with van der Waals surface area (Å²) in [6.45, 7) is 6.92. The van der Waals surface area contributed by atoms with Crippen LogP contribution in [0, 0.1) is 5.41 Å². The van der Waals surface area contributed by atoms with E-state index in [1.807, 2.05) is 0 Å². The van der Waals surface area contributed by atoms with E-state index in [9.17, 15) is 4.79 Å². The molecule has 0 aliphatic heterocycles. The molecule has 0 aliphatic rings. The molecule has 0 bridgehead atoms. The molecular formula is C9H19N3OS. The van der Waals surface area contributed by atoms with Crippen LogP contribution >= 0.6 is 12.2 Å². The van der Waals surface area contributed by atoms with Gasteiger partial charge in [0.25, 0.3) is 0 Å².